The minimum absolute atomic E-state index is 0.204. The highest BCUT2D eigenvalue weighted by molar-refractivity contribution is 7.20. The molecule has 3 aromatic rings. The summed E-state index contributed by atoms with van der Waals surface area (Å²) in [5.74, 6) is -0.905. The number of hydrogen-bond donors (Lipinski definition) is 1. The van der Waals surface area contributed by atoms with Gasteiger partial charge in [0.1, 0.15) is 0 Å². The fourth-order valence-corrected chi connectivity index (χ4v) is 4.84. The van der Waals surface area contributed by atoms with Crippen LogP contribution in [0.2, 0.25) is 5.02 Å². The van der Waals surface area contributed by atoms with Crippen molar-refractivity contribution >= 4 is 62.7 Å². The highest BCUT2D eigenvalue weighted by atomic mass is 35.5. The van der Waals surface area contributed by atoms with Crippen LogP contribution >= 0.6 is 22.9 Å². The molecule has 0 radical (unpaired) electrons. The number of carbonyl (C=O) groups is 3. The number of rotatable bonds is 5. The molecule has 3 amide bonds. The van der Waals surface area contributed by atoms with E-state index in [9.17, 15) is 14.4 Å². The Balaban J connectivity index is 1.22. The lowest BCUT2D eigenvalue weighted by molar-refractivity contribution is -0.148. The molecule has 0 aliphatic carbocycles. The van der Waals surface area contributed by atoms with E-state index >= 15 is 0 Å². The standard InChI is InChI=1S/C24H22ClN3O4S/c25-23-18-8-4-5-9-19(18)33-20(23)10-11-22(30)32-16-21(29)27-12-14-28(15-13-27)24(31)26-17-6-2-1-3-7-17/h1-11H,12-16H2,(H,26,31)/b11-10+. The molecule has 0 spiro atoms. The van der Waals surface area contributed by atoms with E-state index in [1.54, 1.807) is 15.9 Å². The molecule has 1 aliphatic rings. The number of carbonyl (C=O) groups excluding carboxylic acids is 3. The Morgan fingerprint density at radius 3 is 2.36 bits per heavy atom. The predicted molar refractivity (Wildman–Crippen MR) is 130 cm³/mol. The van der Waals surface area contributed by atoms with Gasteiger partial charge in [-0.25, -0.2) is 9.59 Å². The lowest BCUT2D eigenvalue weighted by Crippen LogP contribution is -2.52. The van der Waals surface area contributed by atoms with Crippen LogP contribution in [0.5, 0.6) is 0 Å². The number of ether oxygens (including phenoxy) is 1. The molecule has 33 heavy (non-hydrogen) atoms. The van der Waals surface area contributed by atoms with E-state index in [0.717, 1.165) is 20.7 Å². The molecular weight excluding hydrogens is 462 g/mol. The molecule has 1 aromatic heterocycles. The van der Waals surface area contributed by atoms with Gasteiger partial charge in [-0.05, 0) is 24.3 Å². The first-order valence-electron chi connectivity index (χ1n) is 10.4. The molecule has 2 aromatic carbocycles. The van der Waals surface area contributed by atoms with Crippen LogP contribution in [0.1, 0.15) is 4.88 Å². The van der Waals surface area contributed by atoms with E-state index in [1.165, 1.54) is 17.4 Å². The number of anilines is 1. The Kier molecular flexibility index (Phi) is 7.26. The number of nitrogens with zero attached hydrogens (tertiary/aromatic N) is 2. The van der Waals surface area contributed by atoms with Gasteiger partial charge in [0, 0.05) is 52.9 Å². The van der Waals surface area contributed by atoms with E-state index in [4.69, 9.17) is 16.3 Å². The molecule has 4 rings (SSSR count). The van der Waals surface area contributed by atoms with Crippen LogP contribution in [0.3, 0.4) is 0 Å². The van der Waals surface area contributed by atoms with Crippen LogP contribution in [0.25, 0.3) is 16.2 Å². The van der Waals surface area contributed by atoms with Gasteiger partial charge in [-0.1, -0.05) is 48.0 Å². The summed E-state index contributed by atoms with van der Waals surface area (Å²) in [5, 5.41) is 4.36. The van der Waals surface area contributed by atoms with Crippen molar-refractivity contribution in [3.05, 3.63) is 70.6 Å². The van der Waals surface area contributed by atoms with Gasteiger partial charge in [0.25, 0.3) is 5.91 Å². The summed E-state index contributed by atoms with van der Waals surface area (Å²) in [6.45, 7) is 1.22. The molecule has 2 heterocycles. The lowest BCUT2D eigenvalue weighted by atomic mass is 10.2. The maximum atomic E-state index is 12.4. The normalized spacial score (nSPS) is 14.0. The zero-order chi connectivity index (χ0) is 23.2. The summed E-state index contributed by atoms with van der Waals surface area (Å²) in [6.07, 6.45) is 2.87. The molecule has 9 heteroatoms. The van der Waals surface area contributed by atoms with Crippen LogP contribution in [0.4, 0.5) is 10.5 Å². The molecule has 0 unspecified atom stereocenters. The topological polar surface area (TPSA) is 79.0 Å². The average molecular weight is 484 g/mol. The van der Waals surface area contributed by atoms with Gasteiger partial charge in [0.2, 0.25) is 0 Å². The highest BCUT2D eigenvalue weighted by Gasteiger charge is 2.24. The number of esters is 1. The SMILES string of the molecule is O=C(/C=C/c1sc2ccccc2c1Cl)OCC(=O)N1CCN(C(=O)Nc2ccccc2)CC1. The summed E-state index contributed by atoms with van der Waals surface area (Å²) in [6, 6.07) is 16.7. The summed E-state index contributed by atoms with van der Waals surface area (Å²) in [4.78, 5) is 40.8. The second-order valence-corrected chi connectivity index (χ2v) is 8.84. The number of benzene rings is 2. The number of amides is 3. The molecule has 0 bridgehead atoms. The monoisotopic (exact) mass is 483 g/mol. The molecule has 7 nitrogen and oxygen atoms in total. The van der Waals surface area contributed by atoms with E-state index in [1.807, 2.05) is 54.6 Å². The van der Waals surface area contributed by atoms with Crippen LogP contribution < -0.4 is 5.32 Å². The number of fused-ring (bicyclic) bond motifs is 1. The first kappa shape index (κ1) is 22.8. The average Bonchev–Trinajstić information content (AvgIpc) is 3.17. The van der Waals surface area contributed by atoms with Crippen molar-refractivity contribution in [2.75, 3.05) is 38.1 Å². The Labute approximate surface area is 200 Å². The number of hydrogen-bond acceptors (Lipinski definition) is 5. The number of thiophene rings is 1. The summed E-state index contributed by atoms with van der Waals surface area (Å²) in [7, 11) is 0. The van der Waals surface area contributed by atoms with Gasteiger partial charge < -0.3 is 19.9 Å². The van der Waals surface area contributed by atoms with Crippen molar-refractivity contribution in [2.45, 2.75) is 0 Å². The molecule has 0 saturated carbocycles. The quantitative estimate of drug-likeness (QED) is 0.428. The van der Waals surface area contributed by atoms with E-state index in [-0.39, 0.29) is 18.5 Å². The molecule has 1 aliphatic heterocycles. The van der Waals surface area contributed by atoms with Crippen LogP contribution in [0.15, 0.2) is 60.7 Å². The lowest BCUT2D eigenvalue weighted by Gasteiger charge is -2.34. The fourth-order valence-electron chi connectivity index (χ4n) is 3.44. The van der Waals surface area contributed by atoms with Crippen molar-refractivity contribution in [3.8, 4) is 0 Å². The minimum atomic E-state index is -0.613. The molecule has 0 atom stereocenters. The smallest absolute Gasteiger partial charge is 0.331 e. The fraction of sp³-hybridized carbons (Fsp3) is 0.208. The zero-order valence-corrected chi connectivity index (χ0v) is 19.3. The van der Waals surface area contributed by atoms with E-state index in [0.29, 0.717) is 31.2 Å². The number of urea groups is 1. The number of halogens is 1. The number of para-hydroxylation sites is 1. The maximum Gasteiger partial charge on any atom is 0.331 e. The molecule has 170 valence electrons. The van der Waals surface area contributed by atoms with Gasteiger partial charge in [-0.3, -0.25) is 4.79 Å². The van der Waals surface area contributed by atoms with Crippen molar-refractivity contribution < 1.29 is 19.1 Å². The van der Waals surface area contributed by atoms with Gasteiger partial charge in [-0.2, -0.15) is 0 Å². The predicted octanol–water partition coefficient (Wildman–Crippen LogP) is 4.49. The van der Waals surface area contributed by atoms with Crippen molar-refractivity contribution in [1.82, 2.24) is 9.80 Å². The zero-order valence-electron chi connectivity index (χ0n) is 17.7. The number of piperazine rings is 1. The Bertz CT molecular complexity index is 1190. The first-order valence-corrected chi connectivity index (χ1v) is 11.6. The summed E-state index contributed by atoms with van der Waals surface area (Å²) >= 11 is 7.84. The van der Waals surface area contributed by atoms with Crippen molar-refractivity contribution in [1.29, 1.82) is 0 Å². The van der Waals surface area contributed by atoms with Crippen LogP contribution in [-0.2, 0) is 14.3 Å². The Morgan fingerprint density at radius 1 is 0.970 bits per heavy atom. The third-order valence-electron chi connectivity index (χ3n) is 5.21. The first-order chi connectivity index (χ1) is 16.0. The summed E-state index contributed by atoms with van der Waals surface area (Å²) < 4.78 is 6.13. The molecular formula is C24H22ClN3O4S. The highest BCUT2D eigenvalue weighted by Crippen LogP contribution is 2.35. The van der Waals surface area contributed by atoms with E-state index in [2.05, 4.69) is 5.32 Å². The molecule has 1 fully saturated rings. The second-order valence-electron chi connectivity index (χ2n) is 7.38. The van der Waals surface area contributed by atoms with E-state index < -0.39 is 5.97 Å². The maximum absolute atomic E-state index is 12.4. The van der Waals surface area contributed by atoms with Crippen molar-refractivity contribution in [2.24, 2.45) is 0 Å². The second kappa shape index (κ2) is 10.5. The van der Waals surface area contributed by atoms with Crippen LogP contribution in [0, 0.1) is 0 Å². The van der Waals surface area contributed by atoms with Crippen LogP contribution in [-0.4, -0.2) is 60.5 Å². The van der Waals surface area contributed by atoms with Gasteiger partial charge >= 0.3 is 12.0 Å². The Hall–Kier alpha value is -3.36. The Morgan fingerprint density at radius 2 is 1.64 bits per heavy atom. The third kappa shape index (κ3) is 5.71. The summed E-state index contributed by atoms with van der Waals surface area (Å²) in [5.41, 5.74) is 0.720. The van der Waals surface area contributed by atoms with Gasteiger partial charge in [0.15, 0.2) is 6.61 Å². The minimum Gasteiger partial charge on any atom is -0.452 e. The third-order valence-corrected chi connectivity index (χ3v) is 6.87. The van der Waals surface area contributed by atoms with Gasteiger partial charge in [0.05, 0.1) is 5.02 Å². The molecule has 1 saturated heterocycles. The largest absolute Gasteiger partial charge is 0.452 e. The van der Waals surface area contributed by atoms with Crippen molar-refractivity contribution in [3.63, 3.8) is 0 Å². The number of nitrogens with one attached hydrogen (secondary N) is 1. The van der Waals surface area contributed by atoms with Gasteiger partial charge in [-0.15, -0.1) is 11.3 Å². The molecule has 1 N–H and O–H groups in total.